The van der Waals surface area contributed by atoms with Gasteiger partial charge >= 0.3 is 6.03 Å². The van der Waals surface area contributed by atoms with E-state index in [0.717, 1.165) is 28.3 Å². The van der Waals surface area contributed by atoms with Crippen molar-refractivity contribution in [3.63, 3.8) is 0 Å². The SMILES string of the molecule is COc1ccc([C@@H]2c3cccn3-c3ccccc3CN2C(=O)Nc2cc(OC)cc(OC)c2)cc1. The molecule has 5 rings (SSSR count). The van der Waals surface area contributed by atoms with Gasteiger partial charge in [-0.3, -0.25) is 0 Å². The third-order valence-corrected chi connectivity index (χ3v) is 6.26. The van der Waals surface area contributed by atoms with E-state index in [4.69, 9.17) is 14.2 Å². The van der Waals surface area contributed by atoms with Crippen LogP contribution in [0.1, 0.15) is 22.9 Å². The summed E-state index contributed by atoms with van der Waals surface area (Å²) in [6.07, 6.45) is 2.04. The molecular weight excluding hydrogens is 442 g/mol. The lowest BCUT2D eigenvalue weighted by Gasteiger charge is -2.31. The number of amides is 2. The summed E-state index contributed by atoms with van der Waals surface area (Å²) in [6.45, 7) is 0.432. The number of rotatable bonds is 5. The minimum atomic E-state index is -0.323. The molecule has 1 atom stereocenters. The molecule has 0 aliphatic carbocycles. The highest BCUT2D eigenvalue weighted by molar-refractivity contribution is 5.90. The lowest BCUT2D eigenvalue weighted by molar-refractivity contribution is 0.194. The second kappa shape index (κ2) is 9.46. The maximum atomic E-state index is 13.9. The van der Waals surface area contributed by atoms with Gasteiger partial charge in [-0.1, -0.05) is 30.3 Å². The minimum absolute atomic E-state index is 0.231. The number of fused-ring (bicyclic) bond motifs is 3. The highest BCUT2D eigenvalue weighted by Crippen LogP contribution is 2.37. The first-order chi connectivity index (χ1) is 17.1. The second-order valence-electron chi connectivity index (χ2n) is 8.27. The molecule has 3 aromatic carbocycles. The number of anilines is 1. The van der Waals surface area contributed by atoms with E-state index in [2.05, 4.69) is 28.1 Å². The Hall–Kier alpha value is -4.39. The maximum absolute atomic E-state index is 13.9. The molecule has 0 saturated carbocycles. The molecule has 1 aliphatic heterocycles. The zero-order chi connectivity index (χ0) is 24.4. The molecule has 2 heterocycles. The fourth-order valence-electron chi connectivity index (χ4n) is 4.55. The van der Waals surface area contributed by atoms with E-state index >= 15 is 0 Å². The molecule has 0 unspecified atom stereocenters. The third-order valence-electron chi connectivity index (χ3n) is 6.26. The zero-order valence-electron chi connectivity index (χ0n) is 19.9. The summed E-state index contributed by atoms with van der Waals surface area (Å²) < 4.78 is 18.3. The second-order valence-corrected chi connectivity index (χ2v) is 8.27. The molecule has 0 bridgehead atoms. The lowest BCUT2D eigenvalue weighted by Crippen LogP contribution is -2.37. The molecule has 0 saturated heterocycles. The van der Waals surface area contributed by atoms with E-state index in [1.54, 1.807) is 39.5 Å². The van der Waals surface area contributed by atoms with Crippen LogP contribution in [0.25, 0.3) is 5.69 Å². The highest BCUT2D eigenvalue weighted by atomic mass is 16.5. The topological polar surface area (TPSA) is 65.0 Å². The normalized spacial score (nSPS) is 14.4. The van der Waals surface area contributed by atoms with Crippen molar-refractivity contribution in [2.75, 3.05) is 26.6 Å². The number of benzene rings is 3. The first-order valence-corrected chi connectivity index (χ1v) is 11.3. The van der Waals surface area contributed by atoms with E-state index in [1.165, 1.54) is 0 Å². The van der Waals surface area contributed by atoms with Gasteiger partial charge in [0.25, 0.3) is 0 Å². The molecule has 0 spiro atoms. The first kappa shape index (κ1) is 22.4. The smallest absolute Gasteiger partial charge is 0.322 e. The predicted octanol–water partition coefficient (Wildman–Crippen LogP) is 5.64. The van der Waals surface area contributed by atoms with Crippen molar-refractivity contribution in [2.24, 2.45) is 0 Å². The fourth-order valence-corrected chi connectivity index (χ4v) is 4.55. The lowest BCUT2D eigenvalue weighted by atomic mass is 10.0. The summed E-state index contributed by atoms with van der Waals surface area (Å²) in [7, 11) is 4.81. The Morgan fingerprint density at radius 2 is 1.51 bits per heavy atom. The predicted molar refractivity (Wildman–Crippen MR) is 135 cm³/mol. The van der Waals surface area contributed by atoms with Crippen molar-refractivity contribution in [3.8, 4) is 22.9 Å². The van der Waals surface area contributed by atoms with E-state index < -0.39 is 0 Å². The third kappa shape index (κ3) is 4.28. The molecule has 1 aliphatic rings. The number of ether oxygens (including phenoxy) is 3. The van der Waals surface area contributed by atoms with Crippen LogP contribution in [-0.4, -0.2) is 36.8 Å². The van der Waals surface area contributed by atoms with Crippen LogP contribution in [-0.2, 0) is 6.54 Å². The summed E-state index contributed by atoms with van der Waals surface area (Å²) in [5.74, 6) is 1.96. The van der Waals surface area contributed by atoms with Crippen LogP contribution in [0.2, 0.25) is 0 Å². The van der Waals surface area contributed by atoms with E-state index in [-0.39, 0.29) is 12.1 Å². The molecule has 4 aromatic rings. The van der Waals surface area contributed by atoms with E-state index in [1.807, 2.05) is 53.6 Å². The number of methoxy groups -OCH3 is 3. The minimum Gasteiger partial charge on any atom is -0.497 e. The van der Waals surface area contributed by atoms with Crippen LogP contribution in [0.5, 0.6) is 17.2 Å². The van der Waals surface area contributed by atoms with Crippen LogP contribution >= 0.6 is 0 Å². The number of nitrogens with zero attached hydrogens (tertiary/aromatic N) is 2. The Balaban J connectivity index is 1.60. The summed E-state index contributed by atoms with van der Waals surface area (Å²) in [5, 5.41) is 3.06. The Bertz CT molecular complexity index is 1320. The van der Waals surface area contributed by atoms with Gasteiger partial charge < -0.3 is 29.0 Å². The van der Waals surface area contributed by atoms with Gasteiger partial charge in [-0.05, 0) is 41.5 Å². The zero-order valence-corrected chi connectivity index (χ0v) is 19.9. The summed E-state index contributed by atoms with van der Waals surface area (Å²) in [4.78, 5) is 15.7. The van der Waals surface area contributed by atoms with Crippen LogP contribution in [0.3, 0.4) is 0 Å². The van der Waals surface area contributed by atoms with Gasteiger partial charge in [0.05, 0.1) is 39.6 Å². The molecule has 7 heteroatoms. The number of hydrogen-bond acceptors (Lipinski definition) is 4. The maximum Gasteiger partial charge on any atom is 0.322 e. The Morgan fingerprint density at radius 1 is 0.829 bits per heavy atom. The number of urea groups is 1. The Kier molecular flexibility index (Phi) is 6.06. The van der Waals surface area contributed by atoms with Crippen molar-refractivity contribution in [2.45, 2.75) is 12.6 Å². The molecule has 35 heavy (non-hydrogen) atoms. The van der Waals surface area contributed by atoms with Crippen molar-refractivity contribution < 1.29 is 19.0 Å². The number of nitrogens with one attached hydrogen (secondary N) is 1. The largest absolute Gasteiger partial charge is 0.497 e. The molecule has 1 aromatic heterocycles. The molecule has 178 valence electrons. The molecule has 7 nitrogen and oxygen atoms in total. The summed E-state index contributed by atoms with van der Waals surface area (Å²) in [6, 6.07) is 24.8. The average Bonchev–Trinajstić information content (AvgIpc) is 3.32. The van der Waals surface area contributed by atoms with Crippen molar-refractivity contribution >= 4 is 11.7 Å². The van der Waals surface area contributed by atoms with Gasteiger partial charge in [-0.15, -0.1) is 0 Å². The van der Waals surface area contributed by atoms with Gasteiger partial charge in [0, 0.05) is 35.8 Å². The van der Waals surface area contributed by atoms with E-state index in [9.17, 15) is 4.79 Å². The number of carbonyl (C=O) groups is 1. The fraction of sp³-hybridized carbons (Fsp3) is 0.179. The van der Waals surface area contributed by atoms with Crippen molar-refractivity contribution in [1.29, 1.82) is 0 Å². The molecule has 1 N–H and O–H groups in total. The van der Waals surface area contributed by atoms with Crippen LogP contribution in [0, 0.1) is 0 Å². The molecule has 2 amide bonds. The summed E-state index contributed by atoms with van der Waals surface area (Å²) in [5.41, 5.74) is 4.69. The van der Waals surface area contributed by atoms with E-state index in [0.29, 0.717) is 23.7 Å². The van der Waals surface area contributed by atoms with Gasteiger partial charge in [0.15, 0.2) is 0 Å². The Labute approximate surface area is 204 Å². The van der Waals surface area contributed by atoms with Gasteiger partial charge in [0.1, 0.15) is 17.2 Å². The summed E-state index contributed by atoms with van der Waals surface area (Å²) >= 11 is 0. The van der Waals surface area contributed by atoms with Gasteiger partial charge in [-0.2, -0.15) is 0 Å². The van der Waals surface area contributed by atoms with Gasteiger partial charge in [0.2, 0.25) is 0 Å². The monoisotopic (exact) mass is 469 g/mol. The van der Waals surface area contributed by atoms with Crippen LogP contribution in [0.4, 0.5) is 10.5 Å². The highest BCUT2D eigenvalue weighted by Gasteiger charge is 2.33. The van der Waals surface area contributed by atoms with Crippen LogP contribution < -0.4 is 19.5 Å². The first-order valence-electron chi connectivity index (χ1n) is 11.3. The standard InChI is InChI=1S/C28H27N3O4/c1-33-22-12-10-19(11-13-22)27-26-9-6-14-30(26)25-8-5-4-7-20(25)18-31(27)28(32)29-21-15-23(34-2)17-24(16-21)35-3/h4-17,27H,18H2,1-3H3,(H,29,32)/t27-/m1/s1. The molecule has 0 radical (unpaired) electrons. The Morgan fingerprint density at radius 3 is 2.20 bits per heavy atom. The number of para-hydroxylation sites is 1. The van der Waals surface area contributed by atoms with Crippen LogP contribution in [0.15, 0.2) is 85.1 Å². The van der Waals surface area contributed by atoms with Crippen molar-refractivity contribution in [1.82, 2.24) is 9.47 Å². The number of aromatic nitrogens is 1. The number of carbonyl (C=O) groups excluding carboxylic acids is 1. The van der Waals surface area contributed by atoms with Crippen molar-refractivity contribution in [3.05, 3.63) is 102 Å². The molecular formula is C28H27N3O4. The molecule has 0 fully saturated rings. The van der Waals surface area contributed by atoms with Gasteiger partial charge in [-0.25, -0.2) is 4.79 Å². The number of hydrogen-bond donors (Lipinski definition) is 1. The quantitative estimate of drug-likeness (QED) is 0.411. The average molecular weight is 470 g/mol.